The molecule has 0 spiro atoms. The number of rotatable bonds is 3. The van der Waals surface area contributed by atoms with Crippen molar-refractivity contribution in [1.29, 1.82) is 0 Å². The predicted molar refractivity (Wildman–Crippen MR) is 130 cm³/mol. The van der Waals surface area contributed by atoms with Gasteiger partial charge in [0.1, 0.15) is 17.2 Å². The average Bonchev–Trinajstić information content (AvgIpc) is 3.29. The summed E-state index contributed by atoms with van der Waals surface area (Å²) in [6.45, 7) is 6.83. The summed E-state index contributed by atoms with van der Waals surface area (Å²) < 4.78 is 14.4. The van der Waals surface area contributed by atoms with Gasteiger partial charge in [0.2, 0.25) is 11.8 Å². The van der Waals surface area contributed by atoms with Crippen molar-refractivity contribution < 1.29 is 23.5 Å². The van der Waals surface area contributed by atoms with Crippen LogP contribution in [0.15, 0.2) is 21.3 Å². The third kappa shape index (κ3) is 4.49. The number of fused-ring (bicyclic) bond motifs is 2. The van der Waals surface area contributed by atoms with Crippen LogP contribution in [0, 0.1) is 5.92 Å². The molecule has 4 heterocycles. The van der Waals surface area contributed by atoms with Crippen molar-refractivity contribution in [1.82, 2.24) is 24.3 Å². The number of hydrogen-bond acceptors (Lipinski definition) is 7. The smallest absolute Gasteiger partial charge is 0.410 e. The molecule has 11 heteroatoms. The molecule has 1 N–H and O–H groups in total. The van der Waals surface area contributed by atoms with Crippen LogP contribution in [-0.4, -0.2) is 55.6 Å². The molecule has 1 atom stereocenters. The Kier molecular flexibility index (Phi) is 5.88. The van der Waals surface area contributed by atoms with Crippen molar-refractivity contribution in [3.63, 3.8) is 0 Å². The van der Waals surface area contributed by atoms with E-state index in [1.165, 1.54) is 9.13 Å². The van der Waals surface area contributed by atoms with E-state index in [4.69, 9.17) is 9.15 Å². The van der Waals surface area contributed by atoms with E-state index in [1.807, 2.05) is 20.8 Å². The van der Waals surface area contributed by atoms with E-state index in [2.05, 4.69) is 10.3 Å². The minimum atomic E-state index is -0.752. The normalized spacial score (nSPS) is 19.8. The highest BCUT2D eigenvalue weighted by Crippen LogP contribution is 2.29. The molecule has 2 aliphatic rings. The van der Waals surface area contributed by atoms with Gasteiger partial charge in [-0.25, -0.2) is 14.6 Å². The number of likely N-dealkylation sites (tertiary alicyclic amines) is 1. The maximum absolute atomic E-state index is 13.0. The van der Waals surface area contributed by atoms with Crippen molar-refractivity contribution >= 4 is 40.0 Å². The molecule has 0 radical (unpaired) electrons. The van der Waals surface area contributed by atoms with Gasteiger partial charge in [-0.1, -0.05) is 0 Å². The Hall–Kier alpha value is -3.63. The van der Waals surface area contributed by atoms with Crippen LogP contribution in [0.25, 0.3) is 22.1 Å². The number of aromatic nitrogens is 3. The van der Waals surface area contributed by atoms with Gasteiger partial charge in [-0.05, 0) is 52.0 Å². The second-order valence-electron chi connectivity index (χ2n) is 10.7. The molecule has 2 fully saturated rings. The first kappa shape index (κ1) is 24.1. The standard InChI is InChI=1S/C25H31N5O6/c1-25(2,3)36-24(34)29-9-7-14(8-10-29)11-21-26-15-12-18-17(13-19(15)35-21)28(4)23(33)30(18)16-5-6-20(31)27-22(16)32/h12-14,16H,5-11H2,1-4H3,(H,27,31,32). The van der Waals surface area contributed by atoms with E-state index in [9.17, 15) is 19.2 Å². The summed E-state index contributed by atoms with van der Waals surface area (Å²) in [7, 11) is 1.65. The topological polar surface area (TPSA) is 129 Å². The van der Waals surface area contributed by atoms with Crippen LogP contribution < -0.4 is 11.0 Å². The van der Waals surface area contributed by atoms with Gasteiger partial charge in [0.05, 0.1) is 11.0 Å². The van der Waals surface area contributed by atoms with Gasteiger partial charge in [0, 0.05) is 39.0 Å². The van der Waals surface area contributed by atoms with E-state index < -0.39 is 17.6 Å². The average molecular weight is 498 g/mol. The summed E-state index contributed by atoms with van der Waals surface area (Å²) in [5.41, 5.74) is 1.54. The van der Waals surface area contributed by atoms with Crippen molar-refractivity contribution in [2.75, 3.05) is 13.1 Å². The summed E-state index contributed by atoms with van der Waals surface area (Å²) in [4.78, 5) is 55.7. The molecular weight excluding hydrogens is 466 g/mol. The number of ether oxygens (including phenoxy) is 1. The summed E-state index contributed by atoms with van der Waals surface area (Å²) in [5.74, 6) is 0.128. The number of carbonyl (C=O) groups excluding carboxylic acids is 3. The van der Waals surface area contributed by atoms with Gasteiger partial charge < -0.3 is 14.1 Å². The van der Waals surface area contributed by atoms with Crippen LogP contribution >= 0.6 is 0 Å². The van der Waals surface area contributed by atoms with Crippen LogP contribution in [0.4, 0.5) is 4.79 Å². The van der Waals surface area contributed by atoms with Crippen molar-refractivity contribution in [3.05, 3.63) is 28.5 Å². The van der Waals surface area contributed by atoms with Gasteiger partial charge in [-0.2, -0.15) is 0 Å². The number of oxazole rings is 1. The van der Waals surface area contributed by atoms with E-state index in [0.29, 0.717) is 53.5 Å². The zero-order valence-electron chi connectivity index (χ0n) is 21.0. The van der Waals surface area contributed by atoms with Crippen molar-refractivity contribution in [2.24, 2.45) is 13.0 Å². The quantitative estimate of drug-likeness (QED) is 0.551. The first-order chi connectivity index (χ1) is 17.0. The molecular formula is C25H31N5O6. The number of hydrogen-bond donors (Lipinski definition) is 1. The minimum Gasteiger partial charge on any atom is -0.444 e. The lowest BCUT2D eigenvalue weighted by molar-refractivity contribution is -0.135. The van der Waals surface area contributed by atoms with E-state index in [1.54, 1.807) is 24.1 Å². The fourth-order valence-corrected chi connectivity index (χ4v) is 5.04. The number of imidazole rings is 1. The Morgan fingerprint density at radius 2 is 1.86 bits per heavy atom. The SMILES string of the molecule is Cn1c(=O)n(C2CCC(=O)NC2=O)c2cc3nc(CC4CCN(C(=O)OC(C)(C)C)CC4)oc3cc21. The van der Waals surface area contributed by atoms with Crippen LogP contribution in [-0.2, 0) is 27.8 Å². The van der Waals surface area contributed by atoms with Gasteiger partial charge >= 0.3 is 11.8 Å². The molecule has 36 heavy (non-hydrogen) atoms. The maximum atomic E-state index is 13.0. The number of nitrogens with one attached hydrogen (secondary N) is 1. The third-order valence-corrected chi connectivity index (χ3v) is 6.89. The summed E-state index contributed by atoms with van der Waals surface area (Å²) in [6, 6.07) is 2.79. The largest absolute Gasteiger partial charge is 0.444 e. The number of carbonyl (C=O) groups is 3. The Bertz CT molecular complexity index is 1420. The maximum Gasteiger partial charge on any atom is 0.410 e. The molecule has 5 rings (SSSR count). The lowest BCUT2D eigenvalue weighted by Crippen LogP contribution is -2.44. The Morgan fingerprint density at radius 3 is 2.53 bits per heavy atom. The van der Waals surface area contributed by atoms with Crippen LogP contribution in [0.2, 0.25) is 0 Å². The zero-order chi connectivity index (χ0) is 25.8. The number of imide groups is 1. The first-order valence-corrected chi connectivity index (χ1v) is 12.3. The predicted octanol–water partition coefficient (Wildman–Crippen LogP) is 2.65. The van der Waals surface area contributed by atoms with Gasteiger partial charge in [-0.3, -0.25) is 24.0 Å². The molecule has 3 aromatic rings. The number of aryl methyl sites for hydroxylation is 1. The first-order valence-electron chi connectivity index (χ1n) is 12.3. The minimum absolute atomic E-state index is 0.183. The highest BCUT2D eigenvalue weighted by molar-refractivity contribution is 6.00. The molecule has 0 saturated carbocycles. The van der Waals surface area contributed by atoms with Gasteiger partial charge in [0.25, 0.3) is 0 Å². The van der Waals surface area contributed by atoms with E-state index in [-0.39, 0.29) is 30.5 Å². The van der Waals surface area contributed by atoms with E-state index in [0.717, 1.165) is 12.8 Å². The van der Waals surface area contributed by atoms with E-state index >= 15 is 0 Å². The fourth-order valence-electron chi connectivity index (χ4n) is 5.04. The highest BCUT2D eigenvalue weighted by atomic mass is 16.6. The third-order valence-electron chi connectivity index (χ3n) is 6.89. The molecule has 1 unspecified atom stereocenters. The van der Waals surface area contributed by atoms with Gasteiger partial charge in [-0.15, -0.1) is 0 Å². The van der Waals surface area contributed by atoms with Crippen molar-refractivity contribution in [3.8, 4) is 0 Å². The molecule has 2 aromatic heterocycles. The molecule has 2 aliphatic heterocycles. The Labute approximate surface area is 207 Å². The lowest BCUT2D eigenvalue weighted by Gasteiger charge is -2.33. The number of nitrogens with zero attached hydrogens (tertiary/aromatic N) is 4. The number of benzene rings is 1. The molecule has 3 amide bonds. The molecule has 0 aliphatic carbocycles. The van der Waals surface area contributed by atoms with Crippen LogP contribution in [0.3, 0.4) is 0 Å². The highest BCUT2D eigenvalue weighted by Gasteiger charge is 2.32. The Balaban J connectivity index is 1.35. The molecule has 0 bridgehead atoms. The number of amides is 3. The van der Waals surface area contributed by atoms with Crippen molar-refractivity contribution in [2.45, 2.75) is 64.5 Å². The summed E-state index contributed by atoms with van der Waals surface area (Å²) >= 11 is 0. The second kappa shape index (κ2) is 8.79. The molecule has 1 aromatic carbocycles. The lowest BCUT2D eigenvalue weighted by atomic mass is 9.94. The molecule has 2 saturated heterocycles. The summed E-state index contributed by atoms with van der Waals surface area (Å²) in [5, 5.41) is 2.32. The van der Waals surface area contributed by atoms with Crippen LogP contribution in [0.1, 0.15) is 58.4 Å². The number of piperidine rings is 2. The zero-order valence-corrected chi connectivity index (χ0v) is 21.0. The summed E-state index contributed by atoms with van der Waals surface area (Å²) in [6.07, 6.45) is 2.48. The molecule has 192 valence electrons. The fraction of sp³-hybridized carbons (Fsp3) is 0.560. The molecule has 11 nitrogen and oxygen atoms in total. The monoisotopic (exact) mass is 497 g/mol. The Morgan fingerprint density at radius 1 is 1.14 bits per heavy atom. The second-order valence-corrected chi connectivity index (χ2v) is 10.7. The van der Waals surface area contributed by atoms with Gasteiger partial charge in [0.15, 0.2) is 11.5 Å². The van der Waals surface area contributed by atoms with Crippen LogP contribution in [0.5, 0.6) is 0 Å².